The molecule has 0 atom stereocenters. The van der Waals surface area contributed by atoms with Gasteiger partial charge in [-0.25, -0.2) is 27.7 Å². The Morgan fingerprint density at radius 2 is 1.92 bits per heavy atom. The summed E-state index contributed by atoms with van der Waals surface area (Å²) in [6.45, 7) is 1.44. The van der Waals surface area contributed by atoms with E-state index in [1.807, 2.05) is 0 Å². The average Bonchev–Trinajstić information content (AvgIpc) is 3.18. The molecule has 3 N–H and O–H groups in total. The molecule has 0 radical (unpaired) electrons. The van der Waals surface area contributed by atoms with Gasteiger partial charge in [0, 0.05) is 19.4 Å². The number of hydrogen-bond acceptors (Lipinski definition) is 9. The van der Waals surface area contributed by atoms with Gasteiger partial charge in [0.05, 0.1) is 36.3 Å². The van der Waals surface area contributed by atoms with Crippen molar-refractivity contribution < 1.29 is 26.4 Å². The molecule has 1 aliphatic heterocycles. The molecule has 1 aliphatic rings. The minimum absolute atomic E-state index is 0.124. The number of sulfonamides is 1. The fourth-order valence-electron chi connectivity index (χ4n) is 3.37. The van der Waals surface area contributed by atoms with Crippen LogP contribution < -0.4 is 20.3 Å². The monoisotopic (exact) mass is 522 g/mol. The number of fused-ring (bicyclic) bond motifs is 1. The average molecular weight is 523 g/mol. The van der Waals surface area contributed by atoms with Crippen LogP contribution in [0.25, 0.3) is 0 Å². The van der Waals surface area contributed by atoms with Crippen LogP contribution in [0.15, 0.2) is 30.6 Å². The van der Waals surface area contributed by atoms with E-state index < -0.39 is 27.6 Å². The van der Waals surface area contributed by atoms with E-state index in [0.29, 0.717) is 23.1 Å². The summed E-state index contributed by atoms with van der Waals surface area (Å²) in [4.78, 5) is 27.7. The van der Waals surface area contributed by atoms with Crippen molar-refractivity contribution >= 4 is 45.0 Å². The summed E-state index contributed by atoms with van der Waals surface area (Å²) in [5.41, 5.74) is 1.40. The van der Waals surface area contributed by atoms with Gasteiger partial charge in [-0.15, -0.1) is 0 Å². The number of rotatable bonds is 7. The van der Waals surface area contributed by atoms with Gasteiger partial charge in [-0.1, -0.05) is 12.1 Å². The van der Waals surface area contributed by atoms with Gasteiger partial charge in [0.2, 0.25) is 27.8 Å². The summed E-state index contributed by atoms with van der Waals surface area (Å²) >= 11 is 0. The molecule has 190 valence electrons. The number of aromatic nitrogens is 4. The van der Waals surface area contributed by atoms with Crippen molar-refractivity contribution in [1.82, 2.24) is 19.9 Å². The molecule has 11 nitrogen and oxygen atoms in total. The molecule has 15 heteroatoms. The van der Waals surface area contributed by atoms with E-state index in [9.17, 15) is 26.4 Å². The smallest absolute Gasteiger partial charge is 0.364 e. The summed E-state index contributed by atoms with van der Waals surface area (Å²) in [6, 6.07) is 5.11. The van der Waals surface area contributed by atoms with E-state index in [1.54, 1.807) is 25.1 Å². The third-order valence-electron chi connectivity index (χ3n) is 5.37. The number of hydrogen-bond donors (Lipinski definition) is 3. The van der Waals surface area contributed by atoms with Gasteiger partial charge in [0.1, 0.15) is 11.4 Å². The lowest BCUT2D eigenvalue weighted by molar-refractivity contribution is -0.137. The summed E-state index contributed by atoms with van der Waals surface area (Å²) in [5, 5.41) is 8.18. The number of carbonyl (C=O) groups excluding carboxylic acids is 1. The Morgan fingerprint density at radius 1 is 1.17 bits per heavy atom. The van der Waals surface area contributed by atoms with Gasteiger partial charge in [-0.3, -0.25) is 4.79 Å². The Labute approximate surface area is 204 Å². The number of para-hydroxylation sites is 1. The third kappa shape index (κ3) is 5.30. The van der Waals surface area contributed by atoms with Crippen LogP contribution in [0, 0.1) is 6.92 Å². The highest BCUT2D eigenvalue weighted by atomic mass is 32.2. The van der Waals surface area contributed by atoms with Crippen molar-refractivity contribution in [3.05, 3.63) is 53.0 Å². The summed E-state index contributed by atoms with van der Waals surface area (Å²) in [6.07, 6.45) is -1.55. The molecule has 2 aromatic heterocycles. The molecule has 0 fully saturated rings. The molecule has 0 saturated heterocycles. The number of carbonyl (C=O) groups is 1. The van der Waals surface area contributed by atoms with E-state index in [1.165, 1.54) is 13.2 Å². The van der Waals surface area contributed by atoms with E-state index in [4.69, 9.17) is 0 Å². The molecule has 0 unspecified atom stereocenters. The number of halogens is 3. The molecule has 36 heavy (non-hydrogen) atoms. The maximum absolute atomic E-state index is 13.6. The minimum Gasteiger partial charge on any atom is -0.364 e. The van der Waals surface area contributed by atoms with Crippen molar-refractivity contribution in [2.75, 3.05) is 33.6 Å². The zero-order valence-corrected chi connectivity index (χ0v) is 20.1. The summed E-state index contributed by atoms with van der Waals surface area (Å²) < 4.78 is 65.4. The van der Waals surface area contributed by atoms with E-state index >= 15 is 0 Å². The molecule has 0 aliphatic carbocycles. The predicted molar refractivity (Wildman–Crippen MR) is 126 cm³/mol. The number of nitrogens with one attached hydrogen (secondary N) is 3. The lowest BCUT2D eigenvalue weighted by Crippen LogP contribution is -2.27. The van der Waals surface area contributed by atoms with E-state index in [2.05, 4.69) is 35.9 Å². The molecular weight excluding hydrogens is 501 g/mol. The van der Waals surface area contributed by atoms with Crippen LogP contribution in [0.5, 0.6) is 0 Å². The molecule has 3 aromatic rings. The number of anilines is 5. The van der Waals surface area contributed by atoms with Crippen LogP contribution in [-0.2, 0) is 34.0 Å². The van der Waals surface area contributed by atoms with Crippen LogP contribution >= 0.6 is 0 Å². The normalized spacial score (nSPS) is 13.2. The Morgan fingerprint density at radius 3 is 2.61 bits per heavy atom. The van der Waals surface area contributed by atoms with Crippen LogP contribution in [0.1, 0.15) is 22.4 Å². The second-order valence-electron chi connectivity index (χ2n) is 8.03. The molecule has 0 saturated carbocycles. The quantitative estimate of drug-likeness (QED) is 0.427. The van der Waals surface area contributed by atoms with Crippen LogP contribution in [-0.4, -0.2) is 47.6 Å². The first-order valence-corrected chi connectivity index (χ1v) is 12.3. The minimum atomic E-state index is -4.74. The zero-order chi connectivity index (χ0) is 26.3. The van der Waals surface area contributed by atoms with Gasteiger partial charge in [-0.2, -0.15) is 18.2 Å². The first-order chi connectivity index (χ1) is 16.8. The molecule has 3 heterocycles. The van der Waals surface area contributed by atoms with Crippen LogP contribution in [0.3, 0.4) is 0 Å². The van der Waals surface area contributed by atoms with Gasteiger partial charge in [0.15, 0.2) is 0 Å². The highest BCUT2D eigenvalue weighted by Gasteiger charge is 2.35. The lowest BCUT2D eigenvalue weighted by atomic mass is 10.1. The molecule has 4 rings (SSSR count). The van der Waals surface area contributed by atoms with Gasteiger partial charge >= 0.3 is 6.18 Å². The number of nitrogens with zero attached hydrogens (tertiary/aromatic N) is 5. The number of alkyl halides is 3. The van der Waals surface area contributed by atoms with E-state index in [-0.39, 0.29) is 36.5 Å². The topological polar surface area (TPSA) is 142 Å². The fraction of sp³-hybridized carbons (Fsp3) is 0.286. The van der Waals surface area contributed by atoms with E-state index in [0.717, 1.165) is 16.1 Å². The van der Waals surface area contributed by atoms with Crippen molar-refractivity contribution in [2.45, 2.75) is 26.1 Å². The molecule has 1 aromatic carbocycles. The highest BCUT2D eigenvalue weighted by molar-refractivity contribution is 7.92. The third-order valence-corrected chi connectivity index (χ3v) is 6.53. The maximum atomic E-state index is 13.6. The summed E-state index contributed by atoms with van der Waals surface area (Å²) in [7, 11) is -2.37. The highest BCUT2D eigenvalue weighted by Crippen LogP contribution is 2.36. The van der Waals surface area contributed by atoms with Gasteiger partial charge in [-0.05, 0) is 24.1 Å². The van der Waals surface area contributed by atoms with Crippen molar-refractivity contribution in [3.8, 4) is 0 Å². The van der Waals surface area contributed by atoms with Crippen molar-refractivity contribution in [3.63, 3.8) is 0 Å². The van der Waals surface area contributed by atoms with Crippen LogP contribution in [0.4, 0.5) is 42.3 Å². The second kappa shape index (κ2) is 9.22. The number of aryl methyl sites for hydroxylation is 1. The zero-order valence-electron chi connectivity index (χ0n) is 19.3. The second-order valence-corrected chi connectivity index (χ2v) is 10.0. The molecular formula is C21H21F3N8O3S. The SMILES string of the molecule is Cc1cnc(N(C)S(C)(=O)=O)nc1CNc1nc(Nc2cccc3c2NC(=O)C3)ncc1C(F)(F)F. The Balaban J connectivity index is 1.63. The molecule has 0 bridgehead atoms. The fourth-order valence-corrected chi connectivity index (χ4v) is 3.76. The Bertz CT molecular complexity index is 1450. The first-order valence-electron chi connectivity index (χ1n) is 10.5. The predicted octanol–water partition coefficient (Wildman–Crippen LogP) is 2.84. The molecule has 1 amide bonds. The maximum Gasteiger partial charge on any atom is 0.421 e. The Hall–Kier alpha value is -4.01. The summed E-state index contributed by atoms with van der Waals surface area (Å²) in [5.74, 6) is -0.957. The number of benzene rings is 1. The van der Waals surface area contributed by atoms with Gasteiger partial charge < -0.3 is 16.0 Å². The first kappa shape index (κ1) is 25.1. The standard InChI is InChI=1S/C21H21F3N8O3S/c1-11-8-27-20(32(2)36(3,34)35)29-15(11)10-25-18-13(21(22,23)24)9-26-19(31-18)28-14-6-4-5-12-7-16(33)30-17(12)14/h4-6,8-9H,7,10H2,1-3H3,(H,30,33)(H2,25,26,28,31). The number of amides is 1. The van der Waals surface area contributed by atoms with Crippen molar-refractivity contribution in [2.24, 2.45) is 0 Å². The largest absolute Gasteiger partial charge is 0.421 e. The van der Waals surface area contributed by atoms with Crippen LogP contribution in [0.2, 0.25) is 0 Å². The van der Waals surface area contributed by atoms with Gasteiger partial charge in [0.25, 0.3) is 0 Å². The lowest BCUT2D eigenvalue weighted by Gasteiger charge is -2.18. The Kier molecular flexibility index (Phi) is 6.43. The molecule has 0 spiro atoms. The van der Waals surface area contributed by atoms with Crippen molar-refractivity contribution in [1.29, 1.82) is 0 Å².